The molecule has 5 nitrogen and oxygen atoms in total. The first kappa shape index (κ1) is 11.3. The molecule has 0 aliphatic rings. The molecular weight excluding hydrogens is 218 g/mol. The molecule has 0 aliphatic heterocycles. The third-order valence-corrected chi connectivity index (χ3v) is 2.46. The van der Waals surface area contributed by atoms with Gasteiger partial charge in [-0.3, -0.25) is 4.79 Å². The van der Waals surface area contributed by atoms with E-state index in [2.05, 4.69) is 10.2 Å². The minimum atomic E-state index is -0.820. The van der Waals surface area contributed by atoms with Gasteiger partial charge < -0.3 is 5.11 Å². The van der Waals surface area contributed by atoms with Crippen LogP contribution in [0.5, 0.6) is 0 Å². The lowest BCUT2D eigenvalue weighted by Gasteiger charge is -2.01. The van der Waals surface area contributed by atoms with Crippen molar-refractivity contribution in [3.63, 3.8) is 0 Å². The maximum absolute atomic E-state index is 10.7. The molecule has 1 aromatic carbocycles. The number of aromatic nitrogens is 3. The minimum absolute atomic E-state index is 0.391. The summed E-state index contributed by atoms with van der Waals surface area (Å²) in [5, 5.41) is 17.2. The van der Waals surface area contributed by atoms with Crippen LogP contribution >= 0.6 is 0 Å². The standard InChI is InChI=1S/C12H13N3O2/c1-9(12(16)17)7-10-8-13-15(14-10)11-5-3-2-4-6-11/h2-6,8-9H,7H2,1H3,(H,16,17). The van der Waals surface area contributed by atoms with Crippen molar-refractivity contribution in [1.29, 1.82) is 0 Å². The highest BCUT2D eigenvalue weighted by atomic mass is 16.4. The van der Waals surface area contributed by atoms with Gasteiger partial charge in [-0.05, 0) is 12.1 Å². The molecule has 0 saturated heterocycles. The van der Waals surface area contributed by atoms with Crippen LogP contribution in [-0.2, 0) is 11.2 Å². The second kappa shape index (κ2) is 4.78. The van der Waals surface area contributed by atoms with Crippen molar-refractivity contribution < 1.29 is 9.90 Å². The summed E-state index contributed by atoms with van der Waals surface area (Å²) in [7, 11) is 0. The smallest absolute Gasteiger partial charge is 0.306 e. The van der Waals surface area contributed by atoms with E-state index in [-0.39, 0.29) is 0 Å². The molecular formula is C12H13N3O2. The Bertz CT molecular complexity index is 507. The van der Waals surface area contributed by atoms with Gasteiger partial charge in [-0.1, -0.05) is 25.1 Å². The molecule has 17 heavy (non-hydrogen) atoms. The molecule has 0 spiro atoms. The highest BCUT2D eigenvalue weighted by Crippen LogP contribution is 2.08. The summed E-state index contributed by atoms with van der Waals surface area (Å²) in [6, 6.07) is 9.51. The van der Waals surface area contributed by atoms with E-state index < -0.39 is 11.9 Å². The zero-order chi connectivity index (χ0) is 12.3. The minimum Gasteiger partial charge on any atom is -0.481 e. The quantitative estimate of drug-likeness (QED) is 0.866. The van der Waals surface area contributed by atoms with Gasteiger partial charge in [-0.2, -0.15) is 15.0 Å². The average molecular weight is 231 g/mol. The number of hydrogen-bond donors (Lipinski definition) is 1. The van der Waals surface area contributed by atoms with E-state index in [1.165, 1.54) is 4.80 Å². The van der Waals surface area contributed by atoms with E-state index in [1.54, 1.807) is 13.1 Å². The molecule has 0 fully saturated rings. The number of hydrogen-bond acceptors (Lipinski definition) is 3. The molecule has 1 unspecified atom stereocenters. The fourth-order valence-corrected chi connectivity index (χ4v) is 1.47. The molecule has 0 amide bonds. The van der Waals surface area contributed by atoms with E-state index in [0.717, 1.165) is 5.69 Å². The SMILES string of the molecule is CC(Cc1cnn(-c2ccccc2)n1)C(=O)O. The van der Waals surface area contributed by atoms with E-state index >= 15 is 0 Å². The molecule has 1 aromatic heterocycles. The zero-order valence-electron chi connectivity index (χ0n) is 9.45. The van der Waals surface area contributed by atoms with Crippen LogP contribution < -0.4 is 0 Å². The van der Waals surface area contributed by atoms with Gasteiger partial charge in [-0.15, -0.1) is 0 Å². The lowest BCUT2D eigenvalue weighted by atomic mass is 10.1. The molecule has 1 heterocycles. The average Bonchev–Trinajstić information content (AvgIpc) is 2.78. The number of carboxylic acid groups (broad SMARTS) is 1. The van der Waals surface area contributed by atoms with Crippen molar-refractivity contribution in [3.8, 4) is 5.69 Å². The molecule has 0 radical (unpaired) electrons. The van der Waals surface area contributed by atoms with Crippen molar-refractivity contribution in [2.75, 3.05) is 0 Å². The van der Waals surface area contributed by atoms with Crippen molar-refractivity contribution in [2.45, 2.75) is 13.3 Å². The predicted molar refractivity (Wildman–Crippen MR) is 61.9 cm³/mol. The van der Waals surface area contributed by atoms with Crippen molar-refractivity contribution in [1.82, 2.24) is 15.0 Å². The normalized spacial score (nSPS) is 12.3. The van der Waals surface area contributed by atoms with Gasteiger partial charge in [-0.25, -0.2) is 0 Å². The van der Waals surface area contributed by atoms with Gasteiger partial charge in [0.1, 0.15) is 0 Å². The van der Waals surface area contributed by atoms with Crippen LogP contribution in [0.25, 0.3) is 5.69 Å². The summed E-state index contributed by atoms with van der Waals surface area (Å²) < 4.78 is 0. The Hall–Kier alpha value is -2.17. The molecule has 2 rings (SSSR count). The number of carbonyl (C=O) groups is 1. The van der Waals surface area contributed by atoms with Crippen LogP contribution in [0.1, 0.15) is 12.6 Å². The van der Waals surface area contributed by atoms with E-state index in [9.17, 15) is 4.79 Å². The number of carboxylic acids is 1. The Kier molecular flexibility index (Phi) is 3.18. The van der Waals surface area contributed by atoms with E-state index in [0.29, 0.717) is 12.1 Å². The highest BCUT2D eigenvalue weighted by molar-refractivity contribution is 5.69. The molecule has 1 atom stereocenters. The van der Waals surface area contributed by atoms with Gasteiger partial charge >= 0.3 is 5.97 Å². The van der Waals surface area contributed by atoms with Crippen LogP contribution in [0.4, 0.5) is 0 Å². The Morgan fingerprint density at radius 1 is 1.41 bits per heavy atom. The fourth-order valence-electron chi connectivity index (χ4n) is 1.47. The number of benzene rings is 1. The summed E-state index contributed by atoms with van der Waals surface area (Å²) >= 11 is 0. The van der Waals surface area contributed by atoms with Gasteiger partial charge in [0.05, 0.1) is 23.5 Å². The molecule has 88 valence electrons. The topological polar surface area (TPSA) is 68.0 Å². The molecule has 2 aromatic rings. The van der Waals surface area contributed by atoms with Crippen LogP contribution in [0, 0.1) is 5.92 Å². The molecule has 0 saturated carbocycles. The number of nitrogens with zero attached hydrogens (tertiary/aromatic N) is 3. The summed E-state index contributed by atoms with van der Waals surface area (Å²) in [6.45, 7) is 1.66. The largest absolute Gasteiger partial charge is 0.481 e. The van der Waals surface area contributed by atoms with Gasteiger partial charge in [0.15, 0.2) is 0 Å². The molecule has 0 aliphatic carbocycles. The molecule has 0 bridgehead atoms. The Morgan fingerprint density at radius 3 is 2.76 bits per heavy atom. The Morgan fingerprint density at radius 2 is 2.12 bits per heavy atom. The first-order chi connectivity index (χ1) is 8.16. The maximum Gasteiger partial charge on any atom is 0.306 e. The lowest BCUT2D eigenvalue weighted by molar-refractivity contribution is -0.141. The highest BCUT2D eigenvalue weighted by Gasteiger charge is 2.14. The number of aliphatic carboxylic acids is 1. The summed E-state index contributed by atoms with van der Waals surface area (Å²) in [5.41, 5.74) is 1.55. The van der Waals surface area contributed by atoms with Crippen molar-refractivity contribution in [2.24, 2.45) is 5.92 Å². The van der Waals surface area contributed by atoms with Gasteiger partial charge in [0.2, 0.25) is 0 Å². The third-order valence-electron chi connectivity index (χ3n) is 2.46. The maximum atomic E-state index is 10.7. The van der Waals surface area contributed by atoms with Crippen LogP contribution in [0.2, 0.25) is 0 Å². The third kappa shape index (κ3) is 2.69. The van der Waals surface area contributed by atoms with Crippen LogP contribution in [0.15, 0.2) is 36.5 Å². The van der Waals surface area contributed by atoms with E-state index in [1.807, 2.05) is 30.3 Å². The Balaban J connectivity index is 2.14. The summed E-state index contributed by atoms with van der Waals surface area (Å²) in [4.78, 5) is 12.2. The van der Waals surface area contributed by atoms with Gasteiger partial charge in [0.25, 0.3) is 0 Å². The zero-order valence-corrected chi connectivity index (χ0v) is 9.45. The summed E-state index contributed by atoms with van der Waals surface area (Å²) in [5.74, 6) is -1.27. The van der Waals surface area contributed by atoms with Gasteiger partial charge in [0, 0.05) is 6.42 Å². The monoisotopic (exact) mass is 231 g/mol. The van der Waals surface area contributed by atoms with E-state index in [4.69, 9.17) is 5.11 Å². The van der Waals surface area contributed by atoms with Crippen molar-refractivity contribution >= 4 is 5.97 Å². The summed E-state index contributed by atoms with van der Waals surface area (Å²) in [6.07, 6.45) is 1.99. The molecule has 1 N–H and O–H groups in total. The predicted octanol–water partition coefficient (Wildman–Crippen LogP) is 1.53. The van der Waals surface area contributed by atoms with Crippen LogP contribution in [0.3, 0.4) is 0 Å². The second-order valence-electron chi connectivity index (χ2n) is 3.90. The van der Waals surface area contributed by atoms with Crippen molar-refractivity contribution in [3.05, 3.63) is 42.2 Å². The second-order valence-corrected chi connectivity index (χ2v) is 3.90. The first-order valence-electron chi connectivity index (χ1n) is 5.36. The lowest BCUT2D eigenvalue weighted by Crippen LogP contribution is -2.12. The number of para-hydroxylation sites is 1. The molecule has 5 heteroatoms. The van der Waals surface area contributed by atoms with Crippen LogP contribution in [-0.4, -0.2) is 26.1 Å². The fraction of sp³-hybridized carbons (Fsp3) is 0.250. The first-order valence-corrected chi connectivity index (χ1v) is 5.36. The Labute approximate surface area is 98.7 Å². The number of rotatable bonds is 4.